The minimum Gasteiger partial charge on any atom is -0.504 e. The number of nitrogens with one attached hydrogen (secondary N) is 1. The summed E-state index contributed by atoms with van der Waals surface area (Å²) in [5, 5.41) is 12.8. The molecule has 2 rings (SSSR count). The number of benzene rings is 1. The highest BCUT2D eigenvalue weighted by atomic mass is 16.5. The molecule has 0 aromatic heterocycles. The molecule has 0 unspecified atom stereocenters. The van der Waals surface area contributed by atoms with E-state index in [1.54, 1.807) is 13.2 Å². The van der Waals surface area contributed by atoms with Crippen LogP contribution in [0.2, 0.25) is 0 Å². The van der Waals surface area contributed by atoms with Crippen LogP contribution in [-0.4, -0.2) is 12.2 Å². The molecule has 1 heterocycles. The van der Waals surface area contributed by atoms with E-state index in [2.05, 4.69) is 5.32 Å². The van der Waals surface area contributed by atoms with E-state index in [-0.39, 0.29) is 5.75 Å². The Morgan fingerprint density at radius 3 is 3.00 bits per heavy atom. The van der Waals surface area contributed by atoms with Crippen LogP contribution in [0.25, 0.3) is 0 Å². The molecule has 0 aliphatic carbocycles. The normalized spacial score (nSPS) is 14.4. The van der Waals surface area contributed by atoms with E-state index in [0.29, 0.717) is 5.75 Å². The summed E-state index contributed by atoms with van der Waals surface area (Å²) < 4.78 is 4.99. The molecule has 12 heavy (non-hydrogen) atoms. The van der Waals surface area contributed by atoms with Crippen LogP contribution in [0.15, 0.2) is 12.1 Å². The molecule has 1 aliphatic rings. The maximum absolute atomic E-state index is 9.64. The fourth-order valence-corrected chi connectivity index (χ4v) is 1.51. The molecule has 0 fully saturated rings. The van der Waals surface area contributed by atoms with Gasteiger partial charge in [-0.25, -0.2) is 0 Å². The molecule has 0 bridgehead atoms. The Labute approximate surface area is 71.0 Å². The number of phenols is 1. The van der Waals surface area contributed by atoms with Crippen molar-refractivity contribution in [3.63, 3.8) is 0 Å². The molecular formula is C9H11NO2. The standard InChI is InChI=1S/C9H11NO2/c1-12-8-3-2-6-4-10-5-7(6)9(8)11/h2-3,10-11H,4-5H2,1H3. The average Bonchev–Trinajstić information content (AvgIpc) is 2.53. The molecule has 0 saturated carbocycles. The molecule has 0 spiro atoms. The van der Waals surface area contributed by atoms with Crippen molar-refractivity contribution >= 4 is 0 Å². The second kappa shape index (κ2) is 2.68. The zero-order valence-corrected chi connectivity index (χ0v) is 6.92. The van der Waals surface area contributed by atoms with E-state index in [1.807, 2.05) is 6.07 Å². The highest BCUT2D eigenvalue weighted by molar-refractivity contribution is 5.51. The Bertz CT molecular complexity index is 310. The minimum absolute atomic E-state index is 0.278. The highest BCUT2D eigenvalue weighted by Crippen LogP contribution is 2.34. The molecule has 0 atom stereocenters. The summed E-state index contributed by atoms with van der Waals surface area (Å²) in [5.74, 6) is 0.831. The number of fused-ring (bicyclic) bond motifs is 1. The van der Waals surface area contributed by atoms with Gasteiger partial charge >= 0.3 is 0 Å². The van der Waals surface area contributed by atoms with Crippen LogP contribution in [0, 0.1) is 0 Å². The lowest BCUT2D eigenvalue weighted by Crippen LogP contribution is -2.00. The molecule has 3 heteroatoms. The molecule has 0 amide bonds. The van der Waals surface area contributed by atoms with Gasteiger partial charge in [0, 0.05) is 18.7 Å². The molecular weight excluding hydrogens is 154 g/mol. The Morgan fingerprint density at radius 2 is 2.25 bits per heavy atom. The number of phenolic OH excluding ortho intramolecular Hbond substituents is 1. The first-order valence-corrected chi connectivity index (χ1v) is 3.91. The topological polar surface area (TPSA) is 41.5 Å². The predicted molar refractivity (Wildman–Crippen MR) is 45.2 cm³/mol. The molecule has 0 radical (unpaired) electrons. The van der Waals surface area contributed by atoms with Crippen molar-refractivity contribution in [1.82, 2.24) is 5.32 Å². The van der Waals surface area contributed by atoms with Crippen molar-refractivity contribution in [2.75, 3.05) is 7.11 Å². The van der Waals surface area contributed by atoms with Gasteiger partial charge in [-0.15, -0.1) is 0 Å². The summed E-state index contributed by atoms with van der Waals surface area (Å²) in [7, 11) is 1.56. The SMILES string of the molecule is COc1ccc2c(c1O)CNC2. The first kappa shape index (κ1) is 7.43. The van der Waals surface area contributed by atoms with Crippen LogP contribution in [0.3, 0.4) is 0 Å². The predicted octanol–water partition coefficient (Wildman–Crippen LogP) is 1.00. The van der Waals surface area contributed by atoms with Crippen molar-refractivity contribution in [3.8, 4) is 11.5 Å². The monoisotopic (exact) mass is 165 g/mol. The smallest absolute Gasteiger partial charge is 0.162 e. The summed E-state index contributed by atoms with van der Waals surface area (Å²) in [6.07, 6.45) is 0. The summed E-state index contributed by atoms with van der Waals surface area (Å²) in [4.78, 5) is 0. The maximum Gasteiger partial charge on any atom is 0.162 e. The summed E-state index contributed by atoms with van der Waals surface area (Å²) in [6, 6.07) is 3.77. The molecule has 1 aliphatic heterocycles. The van der Waals surface area contributed by atoms with Gasteiger partial charge in [-0.1, -0.05) is 6.07 Å². The van der Waals surface area contributed by atoms with Crippen molar-refractivity contribution in [1.29, 1.82) is 0 Å². The molecule has 0 saturated heterocycles. The Kier molecular flexibility index (Phi) is 1.66. The highest BCUT2D eigenvalue weighted by Gasteiger charge is 2.16. The van der Waals surface area contributed by atoms with Gasteiger partial charge in [0.15, 0.2) is 11.5 Å². The van der Waals surface area contributed by atoms with Gasteiger partial charge in [0.05, 0.1) is 7.11 Å². The Balaban J connectivity index is 2.54. The molecule has 1 aromatic carbocycles. The minimum atomic E-state index is 0.278. The number of hydrogen-bond acceptors (Lipinski definition) is 3. The van der Waals surface area contributed by atoms with Gasteiger partial charge in [0.25, 0.3) is 0 Å². The van der Waals surface area contributed by atoms with E-state index in [0.717, 1.165) is 24.2 Å². The summed E-state index contributed by atoms with van der Waals surface area (Å²) in [6.45, 7) is 1.57. The second-order valence-electron chi connectivity index (χ2n) is 2.86. The average molecular weight is 165 g/mol. The Hall–Kier alpha value is -1.22. The van der Waals surface area contributed by atoms with Gasteiger partial charge in [-0.05, 0) is 11.6 Å². The number of rotatable bonds is 1. The molecule has 3 nitrogen and oxygen atoms in total. The van der Waals surface area contributed by atoms with Gasteiger partial charge in [0.2, 0.25) is 0 Å². The van der Waals surface area contributed by atoms with Crippen LogP contribution >= 0.6 is 0 Å². The van der Waals surface area contributed by atoms with E-state index in [1.165, 1.54) is 0 Å². The third-order valence-corrected chi connectivity index (χ3v) is 2.18. The van der Waals surface area contributed by atoms with Gasteiger partial charge in [-0.3, -0.25) is 0 Å². The fourth-order valence-electron chi connectivity index (χ4n) is 1.51. The second-order valence-corrected chi connectivity index (χ2v) is 2.86. The van der Waals surface area contributed by atoms with Crippen molar-refractivity contribution in [2.45, 2.75) is 13.1 Å². The quantitative estimate of drug-likeness (QED) is 0.652. The number of hydrogen-bond donors (Lipinski definition) is 2. The molecule has 2 N–H and O–H groups in total. The fraction of sp³-hybridized carbons (Fsp3) is 0.333. The number of ether oxygens (including phenoxy) is 1. The maximum atomic E-state index is 9.64. The Morgan fingerprint density at radius 1 is 1.42 bits per heavy atom. The third kappa shape index (κ3) is 0.940. The number of methoxy groups -OCH3 is 1. The first-order chi connectivity index (χ1) is 5.83. The van der Waals surface area contributed by atoms with Crippen LogP contribution < -0.4 is 10.1 Å². The van der Waals surface area contributed by atoms with Crippen molar-refractivity contribution < 1.29 is 9.84 Å². The lowest BCUT2D eigenvalue weighted by Gasteiger charge is -2.06. The molecule has 64 valence electrons. The lowest BCUT2D eigenvalue weighted by molar-refractivity contribution is 0.371. The summed E-state index contributed by atoms with van der Waals surface area (Å²) in [5.41, 5.74) is 2.13. The molecule has 1 aromatic rings. The van der Waals surface area contributed by atoms with Crippen LogP contribution in [0.1, 0.15) is 11.1 Å². The number of aromatic hydroxyl groups is 1. The van der Waals surface area contributed by atoms with E-state index in [9.17, 15) is 5.11 Å². The third-order valence-electron chi connectivity index (χ3n) is 2.18. The van der Waals surface area contributed by atoms with Crippen LogP contribution in [0.5, 0.6) is 11.5 Å². The van der Waals surface area contributed by atoms with E-state index in [4.69, 9.17) is 4.74 Å². The zero-order chi connectivity index (χ0) is 8.55. The lowest BCUT2D eigenvalue weighted by atomic mass is 10.1. The van der Waals surface area contributed by atoms with Gasteiger partial charge in [0.1, 0.15) is 0 Å². The van der Waals surface area contributed by atoms with Crippen molar-refractivity contribution in [3.05, 3.63) is 23.3 Å². The van der Waals surface area contributed by atoms with Crippen molar-refractivity contribution in [2.24, 2.45) is 0 Å². The van der Waals surface area contributed by atoms with E-state index < -0.39 is 0 Å². The largest absolute Gasteiger partial charge is 0.504 e. The summed E-state index contributed by atoms with van der Waals surface area (Å²) >= 11 is 0. The van der Waals surface area contributed by atoms with E-state index >= 15 is 0 Å². The van der Waals surface area contributed by atoms with Gasteiger partial charge < -0.3 is 15.2 Å². The van der Waals surface area contributed by atoms with Crippen LogP contribution in [0.4, 0.5) is 0 Å². The first-order valence-electron chi connectivity index (χ1n) is 3.91. The van der Waals surface area contributed by atoms with Crippen LogP contribution in [-0.2, 0) is 13.1 Å². The zero-order valence-electron chi connectivity index (χ0n) is 6.92. The van der Waals surface area contributed by atoms with Gasteiger partial charge in [-0.2, -0.15) is 0 Å².